The van der Waals surface area contributed by atoms with Crippen LogP contribution in [-0.4, -0.2) is 52.3 Å². The van der Waals surface area contributed by atoms with Crippen molar-refractivity contribution in [2.75, 3.05) is 25.4 Å². The van der Waals surface area contributed by atoms with Gasteiger partial charge in [-0.3, -0.25) is 4.99 Å². The Morgan fingerprint density at radius 3 is 2.91 bits per heavy atom. The third kappa shape index (κ3) is 5.36. The predicted octanol–water partition coefficient (Wildman–Crippen LogP) is 2.20. The molecule has 2 rings (SSSR count). The SMILES string of the molecule is CCNC(=NCC1(O)CCC1SCC)NCCc1ncc(C)s1. The zero-order valence-corrected chi connectivity index (χ0v) is 15.9. The lowest BCUT2D eigenvalue weighted by Gasteiger charge is -2.44. The maximum Gasteiger partial charge on any atom is 0.191 e. The number of aromatic nitrogens is 1. The molecule has 0 amide bonds. The van der Waals surface area contributed by atoms with E-state index in [4.69, 9.17) is 0 Å². The zero-order chi connectivity index (χ0) is 16.7. The van der Waals surface area contributed by atoms with Crippen LogP contribution in [0, 0.1) is 6.92 Å². The molecule has 130 valence electrons. The molecule has 1 aliphatic rings. The van der Waals surface area contributed by atoms with Gasteiger partial charge in [-0.05, 0) is 32.4 Å². The molecule has 3 N–H and O–H groups in total. The number of hydrogen-bond donors (Lipinski definition) is 3. The van der Waals surface area contributed by atoms with Crippen molar-refractivity contribution in [3.05, 3.63) is 16.1 Å². The van der Waals surface area contributed by atoms with Crippen molar-refractivity contribution in [2.45, 2.75) is 50.9 Å². The second-order valence-electron chi connectivity index (χ2n) is 5.82. The first-order chi connectivity index (χ1) is 11.1. The molecule has 7 heteroatoms. The Balaban J connectivity index is 1.82. The van der Waals surface area contributed by atoms with E-state index in [1.807, 2.05) is 18.0 Å². The van der Waals surface area contributed by atoms with Crippen molar-refractivity contribution in [1.82, 2.24) is 15.6 Å². The Morgan fingerprint density at radius 1 is 1.52 bits per heavy atom. The van der Waals surface area contributed by atoms with Crippen LogP contribution in [0.2, 0.25) is 0 Å². The number of aliphatic hydroxyl groups is 1. The topological polar surface area (TPSA) is 69.5 Å². The summed E-state index contributed by atoms with van der Waals surface area (Å²) in [5.74, 6) is 1.82. The molecular formula is C16H28N4OS2. The average Bonchev–Trinajstić information content (AvgIpc) is 2.94. The van der Waals surface area contributed by atoms with Crippen LogP contribution in [0.25, 0.3) is 0 Å². The van der Waals surface area contributed by atoms with Gasteiger partial charge in [-0.2, -0.15) is 11.8 Å². The standard InChI is InChI=1S/C16H28N4OS2/c1-4-17-15(18-9-7-14-19-10-12(3)23-14)20-11-16(21)8-6-13(16)22-5-2/h10,13,21H,4-9,11H2,1-3H3,(H2,17,18,20). The molecular weight excluding hydrogens is 328 g/mol. The Morgan fingerprint density at radius 2 is 2.35 bits per heavy atom. The monoisotopic (exact) mass is 356 g/mol. The third-order valence-corrected chi connectivity index (χ3v) is 6.34. The minimum atomic E-state index is -0.630. The first-order valence-corrected chi connectivity index (χ1v) is 10.2. The van der Waals surface area contributed by atoms with Gasteiger partial charge in [0.05, 0.1) is 17.2 Å². The Labute approximate surface area is 147 Å². The summed E-state index contributed by atoms with van der Waals surface area (Å²) in [4.78, 5) is 10.2. The molecule has 0 bridgehead atoms. The summed E-state index contributed by atoms with van der Waals surface area (Å²) in [5, 5.41) is 18.7. The van der Waals surface area contributed by atoms with Crippen molar-refractivity contribution in [3.63, 3.8) is 0 Å². The largest absolute Gasteiger partial charge is 0.387 e. The summed E-state index contributed by atoms with van der Waals surface area (Å²) in [6, 6.07) is 0. The number of thioether (sulfide) groups is 1. The number of nitrogens with one attached hydrogen (secondary N) is 2. The second kappa shape index (κ2) is 8.89. The fourth-order valence-corrected chi connectivity index (χ4v) is 4.55. The van der Waals surface area contributed by atoms with E-state index >= 15 is 0 Å². The van der Waals surface area contributed by atoms with Gasteiger partial charge in [0, 0.05) is 35.8 Å². The van der Waals surface area contributed by atoms with E-state index in [1.54, 1.807) is 11.3 Å². The summed E-state index contributed by atoms with van der Waals surface area (Å²) >= 11 is 3.58. The van der Waals surface area contributed by atoms with Gasteiger partial charge in [-0.25, -0.2) is 4.98 Å². The van der Waals surface area contributed by atoms with E-state index in [0.29, 0.717) is 11.8 Å². The highest BCUT2D eigenvalue weighted by Gasteiger charge is 2.45. The van der Waals surface area contributed by atoms with Gasteiger partial charge in [-0.1, -0.05) is 6.92 Å². The number of hydrogen-bond acceptors (Lipinski definition) is 5. The molecule has 2 atom stereocenters. The van der Waals surface area contributed by atoms with Gasteiger partial charge in [0.2, 0.25) is 0 Å². The summed E-state index contributed by atoms with van der Waals surface area (Å²) in [5.41, 5.74) is -0.630. The van der Waals surface area contributed by atoms with E-state index < -0.39 is 5.60 Å². The van der Waals surface area contributed by atoms with Crippen molar-refractivity contribution in [2.24, 2.45) is 4.99 Å². The summed E-state index contributed by atoms with van der Waals surface area (Å²) in [6.45, 7) is 8.34. The highest BCUT2D eigenvalue weighted by Crippen LogP contribution is 2.41. The number of guanidine groups is 1. The van der Waals surface area contributed by atoms with Crippen LogP contribution < -0.4 is 10.6 Å². The first-order valence-electron chi connectivity index (χ1n) is 8.35. The molecule has 1 fully saturated rings. The van der Waals surface area contributed by atoms with Crippen molar-refractivity contribution in [3.8, 4) is 0 Å². The Kier molecular flexibility index (Phi) is 7.17. The van der Waals surface area contributed by atoms with Gasteiger partial charge < -0.3 is 15.7 Å². The Bertz CT molecular complexity index is 520. The summed E-state index contributed by atoms with van der Waals surface area (Å²) < 4.78 is 0. The molecule has 0 aromatic carbocycles. The van der Waals surface area contributed by atoms with Crippen LogP contribution in [0.4, 0.5) is 0 Å². The van der Waals surface area contributed by atoms with Crippen LogP contribution in [-0.2, 0) is 6.42 Å². The van der Waals surface area contributed by atoms with E-state index in [0.717, 1.165) is 49.1 Å². The third-order valence-electron chi connectivity index (χ3n) is 3.96. The number of rotatable bonds is 8. The van der Waals surface area contributed by atoms with E-state index in [9.17, 15) is 5.11 Å². The minimum absolute atomic E-state index is 0.331. The van der Waals surface area contributed by atoms with E-state index in [1.165, 1.54) is 4.88 Å². The minimum Gasteiger partial charge on any atom is -0.387 e. The van der Waals surface area contributed by atoms with Gasteiger partial charge in [0.25, 0.3) is 0 Å². The molecule has 0 saturated heterocycles. The van der Waals surface area contributed by atoms with Crippen molar-refractivity contribution >= 4 is 29.1 Å². The van der Waals surface area contributed by atoms with Gasteiger partial charge in [0.15, 0.2) is 5.96 Å². The number of thiazole rings is 1. The number of aryl methyl sites for hydroxylation is 1. The molecule has 1 aromatic rings. The van der Waals surface area contributed by atoms with Gasteiger partial charge in [0.1, 0.15) is 0 Å². The molecule has 0 aliphatic heterocycles. The highest BCUT2D eigenvalue weighted by molar-refractivity contribution is 8.00. The summed E-state index contributed by atoms with van der Waals surface area (Å²) in [7, 11) is 0. The average molecular weight is 357 g/mol. The summed E-state index contributed by atoms with van der Waals surface area (Å²) in [6.07, 6.45) is 4.75. The van der Waals surface area contributed by atoms with Crippen LogP contribution in [0.3, 0.4) is 0 Å². The quantitative estimate of drug-likeness (QED) is 0.492. The molecule has 1 heterocycles. The zero-order valence-electron chi connectivity index (χ0n) is 14.3. The lowest BCUT2D eigenvalue weighted by atomic mass is 9.79. The second-order valence-corrected chi connectivity index (χ2v) is 8.62. The van der Waals surface area contributed by atoms with Gasteiger partial charge >= 0.3 is 0 Å². The molecule has 5 nitrogen and oxygen atoms in total. The lowest BCUT2D eigenvalue weighted by molar-refractivity contribution is -0.0154. The fourth-order valence-electron chi connectivity index (χ4n) is 2.58. The first kappa shape index (κ1) is 18.5. The molecule has 1 aromatic heterocycles. The normalized spacial score (nSPS) is 24.3. The maximum absolute atomic E-state index is 10.6. The van der Waals surface area contributed by atoms with Crippen LogP contribution in [0.15, 0.2) is 11.2 Å². The number of aliphatic imine (C=N–C) groups is 1. The fraction of sp³-hybridized carbons (Fsp3) is 0.750. The van der Waals surface area contributed by atoms with Gasteiger partial charge in [-0.15, -0.1) is 11.3 Å². The Hall–Kier alpha value is -0.790. The van der Waals surface area contributed by atoms with Crippen molar-refractivity contribution < 1.29 is 5.11 Å². The lowest BCUT2D eigenvalue weighted by Crippen LogP contribution is -2.53. The predicted molar refractivity (Wildman–Crippen MR) is 101 cm³/mol. The molecule has 2 unspecified atom stereocenters. The van der Waals surface area contributed by atoms with Crippen LogP contribution in [0.5, 0.6) is 0 Å². The molecule has 1 saturated carbocycles. The molecule has 23 heavy (non-hydrogen) atoms. The van der Waals surface area contributed by atoms with Crippen molar-refractivity contribution in [1.29, 1.82) is 0 Å². The van der Waals surface area contributed by atoms with E-state index in [-0.39, 0.29) is 0 Å². The molecule has 0 spiro atoms. The van der Waals surface area contributed by atoms with E-state index in [2.05, 4.69) is 41.4 Å². The maximum atomic E-state index is 10.6. The molecule has 0 radical (unpaired) electrons. The highest BCUT2D eigenvalue weighted by atomic mass is 32.2. The smallest absolute Gasteiger partial charge is 0.191 e. The van der Waals surface area contributed by atoms with Crippen LogP contribution in [0.1, 0.15) is 36.6 Å². The number of nitrogens with zero attached hydrogens (tertiary/aromatic N) is 2. The molecule has 1 aliphatic carbocycles. The van der Waals surface area contributed by atoms with Crippen LogP contribution >= 0.6 is 23.1 Å².